The molecule has 31 heavy (non-hydrogen) atoms. The van der Waals surface area contributed by atoms with E-state index >= 15 is 0 Å². The van der Waals surface area contributed by atoms with Crippen LogP contribution in [0.3, 0.4) is 0 Å². The standard InChI is InChI=1S/C25H24FN3O2/c26-21-8-6-19(7-9-21)24(30)20-11-14-29(15-12-20)22-10-13-27-23(16-22)25(31)28-17-18-4-2-1-3-5-18/h1-10,13,16,20H,11-12,14-15,17H2,(H,28,31). The first kappa shape index (κ1) is 20.7. The van der Waals surface area contributed by atoms with Crippen molar-refractivity contribution in [3.05, 3.63) is 95.6 Å². The highest BCUT2D eigenvalue weighted by atomic mass is 19.1. The molecule has 1 saturated heterocycles. The van der Waals surface area contributed by atoms with Crippen molar-refractivity contribution in [3.63, 3.8) is 0 Å². The maximum atomic E-state index is 13.1. The maximum absolute atomic E-state index is 13.1. The van der Waals surface area contributed by atoms with Crippen LogP contribution in [0, 0.1) is 11.7 Å². The van der Waals surface area contributed by atoms with E-state index in [1.165, 1.54) is 12.1 Å². The minimum absolute atomic E-state index is 0.0651. The van der Waals surface area contributed by atoms with Gasteiger partial charge in [-0.25, -0.2) is 4.39 Å². The number of amides is 1. The SMILES string of the molecule is O=C(NCc1ccccc1)c1cc(N2CCC(C(=O)c3ccc(F)cc3)CC2)ccn1. The third-order valence-electron chi connectivity index (χ3n) is 5.63. The Morgan fingerprint density at radius 1 is 1.00 bits per heavy atom. The van der Waals surface area contributed by atoms with Crippen LogP contribution in [0.25, 0.3) is 0 Å². The van der Waals surface area contributed by atoms with Crippen LogP contribution in [-0.4, -0.2) is 29.8 Å². The minimum atomic E-state index is -0.340. The number of carbonyl (C=O) groups excluding carboxylic acids is 2. The van der Waals surface area contributed by atoms with Crippen LogP contribution in [0.4, 0.5) is 10.1 Å². The molecule has 0 saturated carbocycles. The Balaban J connectivity index is 1.35. The molecule has 0 radical (unpaired) electrons. The van der Waals surface area contributed by atoms with Crippen LogP contribution in [0.15, 0.2) is 72.9 Å². The number of Topliss-reactive ketones (excluding diaryl/α,β-unsaturated/α-hetero) is 1. The van der Waals surface area contributed by atoms with Crippen LogP contribution in [0.2, 0.25) is 0 Å². The molecule has 4 rings (SSSR count). The summed E-state index contributed by atoms with van der Waals surface area (Å²) in [6.07, 6.45) is 3.07. The molecule has 1 amide bonds. The highest BCUT2D eigenvalue weighted by Gasteiger charge is 2.26. The first-order chi connectivity index (χ1) is 15.1. The topological polar surface area (TPSA) is 62.3 Å². The molecule has 0 aliphatic carbocycles. The molecule has 0 bridgehead atoms. The summed E-state index contributed by atoms with van der Waals surface area (Å²) in [4.78, 5) is 31.6. The summed E-state index contributed by atoms with van der Waals surface area (Å²) in [7, 11) is 0. The van der Waals surface area contributed by atoms with E-state index < -0.39 is 0 Å². The summed E-state index contributed by atoms with van der Waals surface area (Å²) in [5.74, 6) is -0.563. The predicted octanol–water partition coefficient (Wildman–Crippen LogP) is 4.25. The molecule has 6 heteroatoms. The van der Waals surface area contributed by atoms with Gasteiger partial charge in [0.15, 0.2) is 5.78 Å². The van der Waals surface area contributed by atoms with Gasteiger partial charge < -0.3 is 10.2 Å². The summed E-state index contributed by atoms with van der Waals surface area (Å²) >= 11 is 0. The summed E-state index contributed by atoms with van der Waals surface area (Å²) in [6, 6.07) is 19.2. The smallest absolute Gasteiger partial charge is 0.270 e. The number of halogens is 1. The van der Waals surface area contributed by atoms with Crippen molar-refractivity contribution >= 4 is 17.4 Å². The van der Waals surface area contributed by atoms with Crippen molar-refractivity contribution in [2.75, 3.05) is 18.0 Å². The van der Waals surface area contributed by atoms with Gasteiger partial charge in [0.2, 0.25) is 0 Å². The number of carbonyl (C=O) groups is 2. The Labute approximate surface area is 180 Å². The lowest BCUT2D eigenvalue weighted by Crippen LogP contribution is -2.36. The number of benzene rings is 2. The first-order valence-electron chi connectivity index (χ1n) is 10.4. The Bertz CT molecular complexity index is 1050. The van der Waals surface area contributed by atoms with Crippen molar-refractivity contribution < 1.29 is 14.0 Å². The van der Waals surface area contributed by atoms with Gasteiger partial charge in [-0.15, -0.1) is 0 Å². The van der Waals surface area contributed by atoms with Gasteiger partial charge in [-0.1, -0.05) is 30.3 Å². The molecular formula is C25H24FN3O2. The van der Waals surface area contributed by atoms with E-state index in [4.69, 9.17) is 0 Å². The largest absolute Gasteiger partial charge is 0.371 e. The van der Waals surface area contributed by atoms with E-state index in [0.717, 1.165) is 11.3 Å². The van der Waals surface area contributed by atoms with Crippen molar-refractivity contribution in [1.82, 2.24) is 10.3 Å². The number of anilines is 1. The molecule has 3 aromatic rings. The lowest BCUT2D eigenvalue weighted by Gasteiger charge is -2.33. The zero-order valence-electron chi connectivity index (χ0n) is 17.1. The summed E-state index contributed by atoms with van der Waals surface area (Å²) in [5.41, 5.74) is 2.88. The van der Waals surface area contributed by atoms with Crippen molar-refractivity contribution in [2.45, 2.75) is 19.4 Å². The van der Waals surface area contributed by atoms with Gasteiger partial charge in [0.1, 0.15) is 11.5 Å². The van der Waals surface area contributed by atoms with Crippen molar-refractivity contribution in [3.8, 4) is 0 Å². The van der Waals surface area contributed by atoms with Gasteiger partial charge in [0.05, 0.1) is 0 Å². The van der Waals surface area contributed by atoms with Crippen molar-refractivity contribution in [1.29, 1.82) is 0 Å². The Morgan fingerprint density at radius 3 is 2.42 bits per heavy atom. The number of ketones is 1. The average molecular weight is 417 g/mol. The highest BCUT2D eigenvalue weighted by Crippen LogP contribution is 2.26. The van der Waals surface area contributed by atoms with Crippen LogP contribution in [0.5, 0.6) is 0 Å². The van der Waals surface area contributed by atoms with Crippen LogP contribution >= 0.6 is 0 Å². The number of nitrogens with zero attached hydrogens (tertiary/aromatic N) is 2. The van der Waals surface area contributed by atoms with Gasteiger partial charge in [0.25, 0.3) is 5.91 Å². The second-order valence-corrected chi connectivity index (χ2v) is 7.70. The second-order valence-electron chi connectivity index (χ2n) is 7.70. The lowest BCUT2D eigenvalue weighted by atomic mass is 9.88. The fraction of sp³-hybridized carbons (Fsp3) is 0.240. The third-order valence-corrected chi connectivity index (χ3v) is 5.63. The Morgan fingerprint density at radius 2 is 1.71 bits per heavy atom. The molecule has 1 N–H and O–H groups in total. The Hall–Kier alpha value is -3.54. The number of hydrogen-bond acceptors (Lipinski definition) is 4. The summed E-state index contributed by atoms with van der Waals surface area (Å²) in [6.45, 7) is 1.88. The molecular weight excluding hydrogens is 393 g/mol. The molecule has 5 nitrogen and oxygen atoms in total. The van der Waals surface area contributed by atoms with Crippen LogP contribution < -0.4 is 10.2 Å². The van der Waals surface area contributed by atoms with E-state index in [0.29, 0.717) is 43.7 Å². The van der Waals surface area contributed by atoms with Crippen molar-refractivity contribution in [2.24, 2.45) is 5.92 Å². The second kappa shape index (κ2) is 9.51. The highest BCUT2D eigenvalue weighted by molar-refractivity contribution is 5.98. The van der Waals surface area contributed by atoms with Gasteiger partial charge in [-0.05, 0) is 54.8 Å². The summed E-state index contributed by atoms with van der Waals surface area (Å²) in [5, 5.41) is 2.90. The molecule has 1 aliphatic rings. The number of pyridine rings is 1. The minimum Gasteiger partial charge on any atom is -0.371 e. The van der Waals surface area contributed by atoms with Crippen LogP contribution in [-0.2, 0) is 6.54 Å². The monoisotopic (exact) mass is 417 g/mol. The molecule has 0 spiro atoms. The number of aromatic nitrogens is 1. The molecule has 0 atom stereocenters. The molecule has 2 aromatic carbocycles. The Kier molecular flexibility index (Phi) is 6.36. The predicted molar refractivity (Wildman–Crippen MR) is 118 cm³/mol. The number of hydrogen-bond donors (Lipinski definition) is 1. The molecule has 0 unspecified atom stereocenters. The van der Waals surface area contributed by atoms with E-state index in [9.17, 15) is 14.0 Å². The third kappa shape index (κ3) is 5.15. The van der Waals surface area contributed by atoms with E-state index in [1.807, 2.05) is 36.4 Å². The quantitative estimate of drug-likeness (QED) is 0.609. The fourth-order valence-corrected chi connectivity index (χ4v) is 3.86. The van der Waals surface area contributed by atoms with Gasteiger partial charge in [-0.2, -0.15) is 0 Å². The van der Waals surface area contributed by atoms with Gasteiger partial charge >= 0.3 is 0 Å². The molecule has 158 valence electrons. The lowest BCUT2D eigenvalue weighted by molar-refractivity contribution is 0.0899. The normalized spacial score (nSPS) is 14.3. The maximum Gasteiger partial charge on any atom is 0.270 e. The number of piperidine rings is 1. The summed E-state index contributed by atoms with van der Waals surface area (Å²) < 4.78 is 13.1. The zero-order chi connectivity index (χ0) is 21.6. The molecule has 1 aliphatic heterocycles. The fourth-order valence-electron chi connectivity index (χ4n) is 3.86. The van der Waals surface area contributed by atoms with Crippen LogP contribution in [0.1, 0.15) is 39.3 Å². The number of rotatable bonds is 6. The average Bonchev–Trinajstić information content (AvgIpc) is 2.83. The van der Waals surface area contributed by atoms with E-state index in [1.54, 1.807) is 24.4 Å². The first-order valence-corrected chi connectivity index (χ1v) is 10.4. The van der Waals surface area contributed by atoms with Gasteiger partial charge in [-0.3, -0.25) is 14.6 Å². The zero-order valence-corrected chi connectivity index (χ0v) is 17.1. The van der Waals surface area contributed by atoms with E-state index in [-0.39, 0.29) is 23.4 Å². The number of nitrogens with one attached hydrogen (secondary N) is 1. The van der Waals surface area contributed by atoms with Gasteiger partial charge in [0, 0.05) is 43.0 Å². The van der Waals surface area contributed by atoms with E-state index in [2.05, 4.69) is 15.2 Å². The molecule has 1 aromatic heterocycles. The molecule has 2 heterocycles. The molecule has 1 fully saturated rings.